The van der Waals surface area contributed by atoms with Gasteiger partial charge in [0, 0.05) is 44.2 Å². The van der Waals surface area contributed by atoms with Gasteiger partial charge in [-0.05, 0) is 66.9 Å². The Labute approximate surface area is 238 Å². The van der Waals surface area contributed by atoms with Gasteiger partial charge in [-0.15, -0.1) is 0 Å². The Morgan fingerprint density at radius 1 is 0.927 bits per heavy atom. The molecule has 0 bridgehead atoms. The van der Waals surface area contributed by atoms with Gasteiger partial charge in [-0.2, -0.15) is 17.5 Å². The van der Waals surface area contributed by atoms with Crippen LogP contribution in [0.25, 0.3) is 11.1 Å². The fourth-order valence-electron chi connectivity index (χ4n) is 6.12. The Balaban J connectivity index is 1.48. The number of alkyl halides is 3. The molecule has 5 rings (SSSR count). The van der Waals surface area contributed by atoms with Gasteiger partial charge in [0.15, 0.2) is 0 Å². The molecular formula is C31H33F4N3O2S. The largest absolute Gasteiger partial charge is 0.417 e. The van der Waals surface area contributed by atoms with Gasteiger partial charge < -0.3 is 5.32 Å². The van der Waals surface area contributed by atoms with Crippen molar-refractivity contribution in [2.24, 2.45) is 0 Å². The summed E-state index contributed by atoms with van der Waals surface area (Å²) in [6.45, 7) is 4.97. The molecule has 0 amide bonds. The maximum Gasteiger partial charge on any atom is 0.417 e. The van der Waals surface area contributed by atoms with Crippen molar-refractivity contribution in [2.45, 2.75) is 42.9 Å². The van der Waals surface area contributed by atoms with Crippen molar-refractivity contribution in [3.63, 3.8) is 0 Å². The molecule has 2 aliphatic heterocycles. The highest BCUT2D eigenvalue weighted by Gasteiger charge is 2.50. The first-order valence-electron chi connectivity index (χ1n) is 13.5. The molecule has 0 saturated carbocycles. The van der Waals surface area contributed by atoms with Crippen molar-refractivity contribution in [2.75, 3.05) is 33.2 Å². The molecular weight excluding hydrogens is 554 g/mol. The fourth-order valence-corrected chi connectivity index (χ4v) is 7.74. The summed E-state index contributed by atoms with van der Waals surface area (Å²) in [5.41, 5.74) is 3.21. The van der Waals surface area contributed by atoms with Crippen molar-refractivity contribution in [1.29, 1.82) is 0 Å². The van der Waals surface area contributed by atoms with Crippen molar-refractivity contribution in [3.8, 4) is 11.1 Å². The monoisotopic (exact) mass is 587 g/mol. The minimum atomic E-state index is -4.80. The van der Waals surface area contributed by atoms with E-state index in [1.165, 1.54) is 18.2 Å². The second-order valence-electron chi connectivity index (χ2n) is 10.7. The van der Waals surface area contributed by atoms with Crippen molar-refractivity contribution >= 4 is 10.0 Å². The van der Waals surface area contributed by atoms with E-state index in [1.54, 1.807) is 19.1 Å². The lowest BCUT2D eigenvalue weighted by Crippen LogP contribution is -2.68. The number of nitrogens with one attached hydrogen (secondary N) is 1. The van der Waals surface area contributed by atoms with E-state index >= 15 is 0 Å². The first-order chi connectivity index (χ1) is 19.4. The van der Waals surface area contributed by atoms with Gasteiger partial charge in [0.2, 0.25) is 10.0 Å². The second kappa shape index (κ2) is 11.3. The lowest BCUT2D eigenvalue weighted by molar-refractivity contribution is -0.139. The van der Waals surface area contributed by atoms with Crippen LogP contribution in [-0.4, -0.2) is 62.9 Å². The molecule has 2 aliphatic rings. The number of nitrogens with zero attached hydrogens (tertiary/aromatic N) is 2. The third-order valence-corrected chi connectivity index (χ3v) is 10.3. The van der Waals surface area contributed by atoms with Crippen molar-refractivity contribution < 1.29 is 26.0 Å². The number of hydrogen-bond donors (Lipinski definition) is 1. The molecule has 0 aliphatic carbocycles. The van der Waals surface area contributed by atoms with Crippen molar-refractivity contribution in [1.82, 2.24) is 14.5 Å². The molecule has 3 aromatic carbocycles. The van der Waals surface area contributed by atoms with E-state index in [2.05, 4.69) is 10.2 Å². The Bertz CT molecular complexity index is 1550. The molecule has 41 heavy (non-hydrogen) atoms. The summed E-state index contributed by atoms with van der Waals surface area (Å²) in [6, 6.07) is 15.4. The van der Waals surface area contributed by atoms with Gasteiger partial charge in [0.25, 0.3) is 0 Å². The molecule has 3 aromatic rings. The van der Waals surface area contributed by atoms with Crippen LogP contribution >= 0.6 is 0 Å². The average molecular weight is 588 g/mol. The highest BCUT2D eigenvalue weighted by Crippen LogP contribution is 2.43. The molecule has 1 fully saturated rings. The molecule has 0 spiro atoms. The summed E-state index contributed by atoms with van der Waals surface area (Å²) in [4.78, 5) is 1.47. The smallest absolute Gasteiger partial charge is 0.318 e. The van der Waals surface area contributed by atoms with Crippen LogP contribution < -0.4 is 5.32 Å². The summed E-state index contributed by atoms with van der Waals surface area (Å²) in [5, 5.41) is 3.23. The Hall–Kier alpha value is -3.05. The lowest BCUT2D eigenvalue weighted by atomic mass is 9.74. The number of sulfonamides is 1. The Kier molecular flexibility index (Phi) is 8.13. The van der Waals surface area contributed by atoms with Crippen LogP contribution in [0.1, 0.15) is 28.2 Å². The molecule has 1 saturated heterocycles. The molecule has 0 radical (unpaired) electrons. The quantitative estimate of drug-likeness (QED) is 0.295. The third-order valence-electron chi connectivity index (χ3n) is 8.41. The first-order valence-corrected chi connectivity index (χ1v) is 15.0. The zero-order chi connectivity index (χ0) is 29.5. The van der Waals surface area contributed by atoms with E-state index in [9.17, 15) is 26.0 Å². The summed E-state index contributed by atoms with van der Waals surface area (Å²) < 4.78 is 83.8. The number of hydrogen-bond acceptors (Lipinski definition) is 4. The summed E-state index contributed by atoms with van der Waals surface area (Å²) >= 11 is 0. The second-order valence-corrected chi connectivity index (χ2v) is 12.6. The van der Waals surface area contributed by atoms with Crippen LogP contribution in [0.5, 0.6) is 0 Å². The molecule has 0 aromatic heterocycles. The van der Waals surface area contributed by atoms with Crippen LogP contribution in [0, 0.1) is 19.7 Å². The van der Waals surface area contributed by atoms with Gasteiger partial charge in [0.1, 0.15) is 5.82 Å². The average Bonchev–Trinajstić information content (AvgIpc) is 2.92. The fraction of sp³-hybridized carbons (Fsp3) is 0.355. The van der Waals surface area contributed by atoms with Gasteiger partial charge in [0.05, 0.1) is 10.5 Å². The highest BCUT2D eigenvalue weighted by molar-refractivity contribution is 7.89. The Morgan fingerprint density at radius 2 is 1.61 bits per heavy atom. The van der Waals surface area contributed by atoms with E-state index in [-0.39, 0.29) is 36.9 Å². The summed E-state index contributed by atoms with van der Waals surface area (Å²) in [7, 11) is -2.58. The zero-order valence-corrected chi connectivity index (χ0v) is 23.9. The van der Waals surface area contributed by atoms with E-state index < -0.39 is 26.7 Å². The number of rotatable bonds is 6. The van der Waals surface area contributed by atoms with E-state index in [0.29, 0.717) is 18.7 Å². The highest BCUT2D eigenvalue weighted by atomic mass is 32.2. The molecule has 218 valence electrons. The van der Waals surface area contributed by atoms with Crippen LogP contribution in [0.15, 0.2) is 77.7 Å². The number of likely N-dealkylation sites (N-methyl/N-ethyl adjacent to an activating group) is 1. The van der Waals surface area contributed by atoms with E-state index in [4.69, 9.17) is 0 Å². The number of benzene rings is 3. The molecule has 3 atom stereocenters. The van der Waals surface area contributed by atoms with Crippen LogP contribution in [0.2, 0.25) is 0 Å². The predicted octanol–water partition coefficient (Wildman–Crippen LogP) is 5.74. The van der Waals surface area contributed by atoms with E-state index in [0.717, 1.165) is 38.7 Å². The van der Waals surface area contributed by atoms with Gasteiger partial charge in [-0.3, -0.25) is 4.90 Å². The maximum absolute atomic E-state index is 14.0. The number of halogens is 4. The SMILES string of the molecule is CNCC1[C@@H](c2ccc(-c3ccc(F)c(C)c3C)cc2)[C@@H]2CN(S(=O)(=O)c3ccccc3C(F)(F)F)C/C=C\CN12. The topological polar surface area (TPSA) is 52.7 Å². The molecule has 1 N–H and O–H groups in total. The standard InChI is InChI=1S/C31H33F4N3O2S/c1-20-21(2)26(32)15-14-24(20)22-10-12-23(13-11-22)30-27(18-36-3)38-17-7-6-16-37(19-28(30)38)41(39,40)29-9-5-4-8-25(29)31(33,34)35/h4-15,27-28,30,36H,16-19H2,1-3H3/b7-6-/t27?,28-,30+/m0/s1. The van der Waals surface area contributed by atoms with Gasteiger partial charge in [-0.1, -0.05) is 54.6 Å². The normalized spacial score (nSPS) is 22.9. The first kappa shape index (κ1) is 29.4. The van der Waals surface area contributed by atoms with Gasteiger partial charge >= 0.3 is 6.18 Å². The zero-order valence-electron chi connectivity index (χ0n) is 23.1. The van der Waals surface area contributed by atoms with Crippen LogP contribution in [0.3, 0.4) is 0 Å². The molecule has 5 nitrogen and oxygen atoms in total. The van der Waals surface area contributed by atoms with Gasteiger partial charge in [-0.25, -0.2) is 12.8 Å². The lowest BCUT2D eigenvalue weighted by Gasteiger charge is -2.57. The Morgan fingerprint density at radius 3 is 2.29 bits per heavy atom. The van der Waals surface area contributed by atoms with Crippen molar-refractivity contribution in [3.05, 3.63) is 101 Å². The summed E-state index contributed by atoms with van der Waals surface area (Å²) in [6.07, 6.45) is -1.21. The molecule has 1 unspecified atom stereocenters. The molecule has 2 heterocycles. The maximum atomic E-state index is 14.0. The van der Waals surface area contributed by atoms with Crippen LogP contribution in [0.4, 0.5) is 17.6 Å². The minimum absolute atomic E-state index is 0.00951. The van der Waals surface area contributed by atoms with Crippen LogP contribution in [-0.2, 0) is 16.2 Å². The molecule has 10 heteroatoms. The third kappa shape index (κ3) is 5.46. The predicted molar refractivity (Wildman–Crippen MR) is 152 cm³/mol. The minimum Gasteiger partial charge on any atom is -0.318 e. The summed E-state index contributed by atoms with van der Waals surface area (Å²) in [5.74, 6) is -0.294. The number of fused-ring (bicyclic) bond motifs is 1. The van der Waals surface area contributed by atoms with E-state index in [1.807, 2.05) is 44.3 Å².